The number of fused-ring (bicyclic) bond motifs is 1. The molecule has 112 valence electrons. The predicted molar refractivity (Wildman–Crippen MR) is 96.7 cm³/mol. The van der Waals surface area contributed by atoms with Gasteiger partial charge in [0.05, 0.1) is 27.5 Å². The van der Waals surface area contributed by atoms with Gasteiger partial charge in [0.25, 0.3) is 0 Å². The Balaban J connectivity index is 0.00000176. The molecule has 3 nitrogen and oxygen atoms in total. The third-order valence-corrected chi connectivity index (χ3v) is 3.69. The van der Waals surface area contributed by atoms with Crippen molar-refractivity contribution >= 4 is 58.4 Å². The van der Waals surface area contributed by atoms with Crippen LogP contribution in [0.1, 0.15) is 5.56 Å². The summed E-state index contributed by atoms with van der Waals surface area (Å²) in [5, 5.41) is 6.34. The van der Waals surface area contributed by atoms with E-state index in [-0.39, 0.29) is 12.4 Å². The molecule has 0 aliphatic heterocycles. The van der Waals surface area contributed by atoms with Gasteiger partial charge >= 0.3 is 0 Å². The first-order chi connectivity index (χ1) is 10.3. The molecule has 0 unspecified atom stereocenters. The number of anilines is 1. The Kier molecular flexibility index (Phi) is 5.61. The van der Waals surface area contributed by atoms with Crippen molar-refractivity contribution in [3.05, 3.63) is 70.3 Å². The van der Waals surface area contributed by atoms with Crippen LogP contribution in [0, 0.1) is 0 Å². The Morgan fingerprint density at radius 2 is 1.68 bits per heavy atom. The summed E-state index contributed by atoms with van der Waals surface area (Å²) in [7, 11) is 0. The van der Waals surface area contributed by atoms with E-state index in [9.17, 15) is 0 Å². The summed E-state index contributed by atoms with van der Waals surface area (Å²) in [6.45, 7) is 0. The average molecular weight is 353 g/mol. The SMILES string of the molecule is Cl.Clc1cccc(Cl)c1C=NNc1ccnc2ccccc12. The van der Waals surface area contributed by atoms with Crippen LogP contribution in [0.5, 0.6) is 0 Å². The van der Waals surface area contributed by atoms with Gasteiger partial charge in [-0.15, -0.1) is 12.4 Å². The topological polar surface area (TPSA) is 37.3 Å². The zero-order valence-corrected chi connectivity index (χ0v) is 13.7. The van der Waals surface area contributed by atoms with Crippen molar-refractivity contribution in [2.45, 2.75) is 0 Å². The maximum Gasteiger partial charge on any atom is 0.0723 e. The number of benzene rings is 2. The van der Waals surface area contributed by atoms with Gasteiger partial charge in [-0.05, 0) is 24.3 Å². The minimum absolute atomic E-state index is 0. The van der Waals surface area contributed by atoms with Gasteiger partial charge in [-0.2, -0.15) is 5.10 Å². The van der Waals surface area contributed by atoms with Gasteiger partial charge in [0.1, 0.15) is 0 Å². The highest BCUT2D eigenvalue weighted by Gasteiger charge is 2.02. The molecule has 2 aromatic carbocycles. The van der Waals surface area contributed by atoms with Crippen LogP contribution < -0.4 is 5.43 Å². The minimum Gasteiger partial charge on any atom is -0.278 e. The lowest BCUT2D eigenvalue weighted by atomic mass is 10.2. The Bertz CT molecular complexity index is 793. The van der Waals surface area contributed by atoms with Crippen molar-refractivity contribution in [1.29, 1.82) is 0 Å². The molecule has 3 aromatic rings. The second kappa shape index (κ2) is 7.45. The summed E-state index contributed by atoms with van der Waals surface area (Å²) >= 11 is 12.2. The lowest BCUT2D eigenvalue weighted by molar-refractivity contribution is 1.33. The highest BCUT2D eigenvalue weighted by Crippen LogP contribution is 2.23. The monoisotopic (exact) mass is 351 g/mol. The summed E-state index contributed by atoms with van der Waals surface area (Å²) in [5.74, 6) is 0. The van der Waals surface area contributed by atoms with Crippen molar-refractivity contribution in [3.8, 4) is 0 Å². The third kappa shape index (κ3) is 3.50. The van der Waals surface area contributed by atoms with E-state index in [4.69, 9.17) is 23.2 Å². The molecule has 22 heavy (non-hydrogen) atoms. The molecule has 0 atom stereocenters. The molecule has 1 heterocycles. The molecule has 0 fully saturated rings. The van der Waals surface area contributed by atoms with Gasteiger partial charge in [-0.25, -0.2) is 0 Å². The first-order valence-corrected chi connectivity index (χ1v) is 7.08. The molecule has 0 saturated carbocycles. The lowest BCUT2D eigenvalue weighted by Gasteiger charge is -2.05. The molecule has 0 aliphatic carbocycles. The Morgan fingerprint density at radius 3 is 2.45 bits per heavy atom. The quantitative estimate of drug-likeness (QED) is 0.505. The van der Waals surface area contributed by atoms with Gasteiger partial charge in [0.2, 0.25) is 0 Å². The standard InChI is InChI=1S/C16H11Cl2N3.ClH/c17-13-5-3-6-14(18)12(13)10-20-21-16-8-9-19-15-7-2-1-4-11(15)16;/h1-10H,(H,19,21);1H. The van der Waals surface area contributed by atoms with Crippen LogP contribution in [0.15, 0.2) is 59.8 Å². The first kappa shape index (κ1) is 16.6. The van der Waals surface area contributed by atoms with Crippen LogP contribution in [-0.4, -0.2) is 11.2 Å². The maximum atomic E-state index is 6.09. The summed E-state index contributed by atoms with van der Waals surface area (Å²) in [6.07, 6.45) is 3.35. The van der Waals surface area contributed by atoms with Crippen molar-refractivity contribution in [3.63, 3.8) is 0 Å². The van der Waals surface area contributed by atoms with Crippen LogP contribution >= 0.6 is 35.6 Å². The summed E-state index contributed by atoms with van der Waals surface area (Å²) in [4.78, 5) is 4.30. The molecule has 3 rings (SSSR count). The maximum absolute atomic E-state index is 6.09. The second-order valence-electron chi connectivity index (χ2n) is 4.38. The molecule has 0 amide bonds. The summed E-state index contributed by atoms with van der Waals surface area (Å²) in [6, 6.07) is 15.1. The number of para-hydroxylation sites is 1. The molecule has 0 radical (unpaired) electrons. The van der Waals surface area contributed by atoms with E-state index in [0.29, 0.717) is 15.6 Å². The van der Waals surface area contributed by atoms with Crippen molar-refractivity contribution in [1.82, 2.24) is 4.98 Å². The number of nitrogens with one attached hydrogen (secondary N) is 1. The van der Waals surface area contributed by atoms with Crippen LogP contribution in [0.4, 0.5) is 5.69 Å². The smallest absolute Gasteiger partial charge is 0.0723 e. The van der Waals surface area contributed by atoms with E-state index in [1.165, 1.54) is 0 Å². The fraction of sp³-hybridized carbons (Fsp3) is 0. The molecule has 0 spiro atoms. The number of halogens is 3. The van der Waals surface area contributed by atoms with Crippen molar-refractivity contribution in [2.24, 2.45) is 5.10 Å². The van der Waals surface area contributed by atoms with Crippen LogP contribution in [0.3, 0.4) is 0 Å². The molecule has 1 N–H and O–H groups in total. The predicted octanol–water partition coefficient (Wildman–Crippen LogP) is 5.41. The van der Waals surface area contributed by atoms with Gasteiger partial charge in [0.15, 0.2) is 0 Å². The number of aromatic nitrogens is 1. The number of hydrazone groups is 1. The third-order valence-electron chi connectivity index (χ3n) is 3.03. The number of hydrogen-bond donors (Lipinski definition) is 1. The van der Waals surface area contributed by atoms with E-state index in [1.54, 1.807) is 30.6 Å². The minimum atomic E-state index is 0. The van der Waals surface area contributed by atoms with Gasteiger partial charge in [-0.3, -0.25) is 10.4 Å². The largest absolute Gasteiger partial charge is 0.278 e. The average Bonchev–Trinajstić information content (AvgIpc) is 2.50. The fourth-order valence-corrected chi connectivity index (χ4v) is 2.49. The molecule has 0 bridgehead atoms. The molecular weight excluding hydrogens is 341 g/mol. The summed E-state index contributed by atoms with van der Waals surface area (Å²) < 4.78 is 0. The highest BCUT2D eigenvalue weighted by atomic mass is 35.5. The number of pyridine rings is 1. The molecular formula is C16H12Cl3N3. The van der Waals surface area contributed by atoms with Gasteiger partial charge in [-0.1, -0.05) is 47.5 Å². The number of rotatable bonds is 3. The number of hydrogen-bond acceptors (Lipinski definition) is 3. The first-order valence-electron chi connectivity index (χ1n) is 6.32. The van der Waals surface area contributed by atoms with Gasteiger partial charge < -0.3 is 0 Å². The molecule has 0 aliphatic rings. The van der Waals surface area contributed by atoms with E-state index in [1.807, 2.05) is 30.3 Å². The highest BCUT2D eigenvalue weighted by molar-refractivity contribution is 6.38. The van der Waals surface area contributed by atoms with E-state index in [0.717, 1.165) is 16.6 Å². The van der Waals surface area contributed by atoms with E-state index in [2.05, 4.69) is 15.5 Å². The Labute approximate surface area is 144 Å². The molecule has 1 aromatic heterocycles. The Hall–Kier alpha value is -1.81. The van der Waals surface area contributed by atoms with Crippen LogP contribution in [0.2, 0.25) is 10.0 Å². The lowest BCUT2D eigenvalue weighted by Crippen LogP contribution is -1.93. The van der Waals surface area contributed by atoms with Gasteiger partial charge in [0, 0.05) is 17.1 Å². The van der Waals surface area contributed by atoms with E-state index < -0.39 is 0 Å². The molecule has 6 heteroatoms. The normalized spacial score (nSPS) is 10.6. The fourth-order valence-electron chi connectivity index (χ4n) is 1.99. The zero-order chi connectivity index (χ0) is 14.7. The summed E-state index contributed by atoms with van der Waals surface area (Å²) in [5.41, 5.74) is 5.48. The van der Waals surface area contributed by atoms with Crippen LogP contribution in [0.25, 0.3) is 10.9 Å². The van der Waals surface area contributed by atoms with Crippen LogP contribution in [-0.2, 0) is 0 Å². The molecule has 0 saturated heterocycles. The zero-order valence-electron chi connectivity index (χ0n) is 11.3. The van der Waals surface area contributed by atoms with E-state index >= 15 is 0 Å². The number of nitrogens with zero attached hydrogens (tertiary/aromatic N) is 2. The Morgan fingerprint density at radius 1 is 0.955 bits per heavy atom. The van der Waals surface area contributed by atoms with Crippen molar-refractivity contribution < 1.29 is 0 Å². The second-order valence-corrected chi connectivity index (χ2v) is 5.20. The van der Waals surface area contributed by atoms with Crippen molar-refractivity contribution in [2.75, 3.05) is 5.43 Å².